The molecule has 3 rings (SSSR count). The molecule has 2 aromatic rings. The van der Waals surface area contributed by atoms with Gasteiger partial charge in [-0.25, -0.2) is 0 Å². The summed E-state index contributed by atoms with van der Waals surface area (Å²) in [5.74, 6) is 1.23. The average molecular weight is 367 g/mol. The van der Waals surface area contributed by atoms with E-state index in [1.54, 1.807) is 0 Å². The van der Waals surface area contributed by atoms with Gasteiger partial charge >= 0.3 is 5.97 Å². The van der Waals surface area contributed by atoms with Crippen molar-refractivity contribution in [3.05, 3.63) is 53.6 Å². The zero-order valence-electron chi connectivity index (χ0n) is 17.0. The summed E-state index contributed by atoms with van der Waals surface area (Å²) < 4.78 is 12.1. The Morgan fingerprint density at radius 2 is 1.81 bits per heavy atom. The van der Waals surface area contributed by atoms with E-state index in [1.807, 2.05) is 45.0 Å². The lowest BCUT2D eigenvalue weighted by Gasteiger charge is -2.29. The number of rotatable bonds is 6. The molecule has 0 bridgehead atoms. The summed E-state index contributed by atoms with van der Waals surface area (Å²) in [4.78, 5) is 12.4. The van der Waals surface area contributed by atoms with Gasteiger partial charge in [-0.05, 0) is 43.9 Å². The quantitative estimate of drug-likeness (QED) is 0.553. The Morgan fingerprint density at radius 3 is 2.48 bits per heavy atom. The Hall–Kier alpha value is -2.29. The maximum Gasteiger partial charge on any atom is 0.306 e. The van der Waals surface area contributed by atoms with Gasteiger partial charge < -0.3 is 9.47 Å². The standard InChI is InChI=1S/C24H30O3/c1-16(2)9-6-14-22(25)26-20-15-21(27-24(3,4)5)19-13-8-11-17-10-7-12-18(20)23(17)19/h7-8,10-13,15-16,20H,6,9,14H2,1-5H3. The van der Waals surface area contributed by atoms with Crippen molar-refractivity contribution in [1.29, 1.82) is 0 Å². The zero-order chi connectivity index (χ0) is 19.6. The topological polar surface area (TPSA) is 35.5 Å². The fraction of sp³-hybridized carbons (Fsp3) is 0.458. The minimum atomic E-state index is -0.410. The van der Waals surface area contributed by atoms with Gasteiger partial charge in [0, 0.05) is 23.6 Å². The van der Waals surface area contributed by atoms with Gasteiger partial charge in [-0.3, -0.25) is 4.79 Å². The Kier molecular flexibility index (Phi) is 5.59. The van der Waals surface area contributed by atoms with Crippen molar-refractivity contribution in [3.63, 3.8) is 0 Å². The van der Waals surface area contributed by atoms with Gasteiger partial charge in [-0.1, -0.05) is 56.7 Å². The zero-order valence-corrected chi connectivity index (χ0v) is 17.0. The van der Waals surface area contributed by atoms with Crippen molar-refractivity contribution in [2.75, 3.05) is 0 Å². The number of hydrogen-bond donors (Lipinski definition) is 0. The SMILES string of the molecule is CC(C)CCCC(=O)OC1C=C(OC(C)(C)C)c2cccc3cccc1c23. The second kappa shape index (κ2) is 7.75. The normalized spacial score (nSPS) is 16.4. The van der Waals surface area contributed by atoms with E-state index in [1.165, 1.54) is 0 Å². The second-order valence-corrected chi connectivity index (χ2v) is 8.69. The summed E-state index contributed by atoms with van der Waals surface area (Å²) in [5, 5.41) is 2.25. The number of carbonyl (C=O) groups excluding carboxylic acids is 1. The maximum absolute atomic E-state index is 12.4. The molecule has 0 spiro atoms. The monoisotopic (exact) mass is 366 g/mol. The molecule has 0 fully saturated rings. The number of benzene rings is 2. The van der Waals surface area contributed by atoms with Crippen molar-refractivity contribution < 1.29 is 14.3 Å². The molecule has 0 heterocycles. The molecule has 1 aliphatic carbocycles. The first-order chi connectivity index (χ1) is 12.7. The van der Waals surface area contributed by atoms with Crippen LogP contribution in [0.4, 0.5) is 0 Å². The molecule has 0 amide bonds. The van der Waals surface area contributed by atoms with Crippen molar-refractivity contribution in [2.45, 2.75) is 65.6 Å². The Morgan fingerprint density at radius 1 is 1.11 bits per heavy atom. The van der Waals surface area contributed by atoms with Crippen LogP contribution in [0.15, 0.2) is 42.5 Å². The van der Waals surface area contributed by atoms with Gasteiger partial charge in [0.2, 0.25) is 0 Å². The van der Waals surface area contributed by atoms with Gasteiger partial charge in [-0.2, -0.15) is 0 Å². The molecule has 0 aliphatic heterocycles. The smallest absolute Gasteiger partial charge is 0.306 e. The first-order valence-corrected chi connectivity index (χ1v) is 9.87. The molecule has 27 heavy (non-hydrogen) atoms. The first-order valence-electron chi connectivity index (χ1n) is 9.87. The van der Waals surface area contributed by atoms with Crippen LogP contribution in [0.5, 0.6) is 0 Å². The summed E-state index contributed by atoms with van der Waals surface area (Å²) in [6.45, 7) is 10.4. The molecule has 0 radical (unpaired) electrons. The van der Waals surface area contributed by atoms with Crippen LogP contribution in [0.2, 0.25) is 0 Å². The lowest BCUT2D eigenvalue weighted by molar-refractivity contribution is -0.147. The third kappa shape index (κ3) is 4.71. The molecular weight excluding hydrogens is 336 g/mol. The van der Waals surface area contributed by atoms with Crippen molar-refractivity contribution in [2.24, 2.45) is 5.92 Å². The Labute approximate surface area is 162 Å². The molecule has 0 N–H and O–H groups in total. The second-order valence-electron chi connectivity index (χ2n) is 8.69. The summed E-state index contributed by atoms with van der Waals surface area (Å²) >= 11 is 0. The van der Waals surface area contributed by atoms with E-state index in [4.69, 9.17) is 9.47 Å². The summed E-state index contributed by atoms with van der Waals surface area (Å²) in [6.07, 6.45) is 3.89. The van der Waals surface area contributed by atoms with Gasteiger partial charge in [-0.15, -0.1) is 0 Å². The predicted octanol–water partition coefficient (Wildman–Crippen LogP) is 6.42. The summed E-state index contributed by atoms with van der Waals surface area (Å²) in [5.41, 5.74) is 1.76. The largest absolute Gasteiger partial charge is 0.488 e. The van der Waals surface area contributed by atoms with E-state index in [9.17, 15) is 4.79 Å². The highest BCUT2D eigenvalue weighted by molar-refractivity contribution is 5.97. The van der Waals surface area contributed by atoms with Gasteiger partial charge in [0.15, 0.2) is 0 Å². The molecule has 1 aliphatic rings. The van der Waals surface area contributed by atoms with Crippen LogP contribution in [0.1, 0.15) is 71.1 Å². The van der Waals surface area contributed by atoms with Gasteiger partial charge in [0.05, 0.1) is 0 Å². The van der Waals surface area contributed by atoms with Crippen LogP contribution in [0.25, 0.3) is 16.5 Å². The van der Waals surface area contributed by atoms with E-state index in [0.29, 0.717) is 12.3 Å². The minimum Gasteiger partial charge on any atom is -0.488 e. The molecule has 0 saturated carbocycles. The van der Waals surface area contributed by atoms with Crippen LogP contribution in [-0.4, -0.2) is 11.6 Å². The van der Waals surface area contributed by atoms with Crippen LogP contribution in [0.3, 0.4) is 0 Å². The van der Waals surface area contributed by atoms with Crippen LogP contribution in [-0.2, 0) is 14.3 Å². The van der Waals surface area contributed by atoms with Crippen LogP contribution >= 0.6 is 0 Å². The maximum atomic E-state index is 12.4. The van der Waals surface area contributed by atoms with Crippen molar-refractivity contribution in [3.8, 4) is 0 Å². The first kappa shape index (κ1) is 19.5. The highest BCUT2D eigenvalue weighted by Crippen LogP contribution is 2.41. The van der Waals surface area contributed by atoms with E-state index in [2.05, 4.69) is 32.0 Å². The highest BCUT2D eigenvalue weighted by Gasteiger charge is 2.27. The molecule has 3 nitrogen and oxygen atoms in total. The Bertz CT molecular complexity index is 850. The number of ether oxygens (including phenoxy) is 2. The number of carbonyl (C=O) groups is 1. The third-order valence-electron chi connectivity index (χ3n) is 4.65. The molecule has 3 heteroatoms. The number of hydrogen-bond acceptors (Lipinski definition) is 3. The molecule has 144 valence electrons. The molecule has 0 saturated heterocycles. The minimum absolute atomic E-state index is 0.150. The molecule has 1 unspecified atom stereocenters. The van der Waals surface area contributed by atoms with E-state index in [0.717, 1.165) is 40.5 Å². The van der Waals surface area contributed by atoms with Crippen molar-refractivity contribution in [1.82, 2.24) is 0 Å². The number of esters is 1. The fourth-order valence-electron chi connectivity index (χ4n) is 3.50. The van der Waals surface area contributed by atoms with Gasteiger partial charge in [0.1, 0.15) is 17.5 Å². The molecule has 2 aromatic carbocycles. The van der Waals surface area contributed by atoms with E-state index in [-0.39, 0.29) is 11.6 Å². The summed E-state index contributed by atoms with van der Waals surface area (Å²) in [7, 11) is 0. The lowest BCUT2D eigenvalue weighted by Crippen LogP contribution is -2.21. The highest BCUT2D eigenvalue weighted by atomic mass is 16.5. The Balaban J connectivity index is 1.91. The predicted molar refractivity (Wildman–Crippen MR) is 110 cm³/mol. The van der Waals surface area contributed by atoms with E-state index >= 15 is 0 Å². The lowest BCUT2D eigenvalue weighted by atomic mass is 9.90. The summed E-state index contributed by atoms with van der Waals surface area (Å²) in [6, 6.07) is 12.4. The van der Waals surface area contributed by atoms with Crippen LogP contribution in [0, 0.1) is 5.92 Å². The van der Waals surface area contributed by atoms with Crippen LogP contribution < -0.4 is 0 Å². The molecule has 1 atom stereocenters. The average Bonchev–Trinajstić information content (AvgIpc) is 2.57. The molecular formula is C24H30O3. The van der Waals surface area contributed by atoms with Crippen molar-refractivity contribution >= 4 is 22.5 Å². The van der Waals surface area contributed by atoms with Gasteiger partial charge in [0.25, 0.3) is 0 Å². The van der Waals surface area contributed by atoms with E-state index < -0.39 is 6.10 Å². The fourth-order valence-corrected chi connectivity index (χ4v) is 3.50. The third-order valence-corrected chi connectivity index (χ3v) is 4.65. The molecule has 0 aromatic heterocycles.